The molecule has 5 rings (SSSR count). The molecule has 6 heteroatoms. The molecule has 148 valence electrons. The zero-order valence-corrected chi connectivity index (χ0v) is 16.2. The van der Waals surface area contributed by atoms with Gasteiger partial charge in [0.25, 0.3) is 0 Å². The van der Waals surface area contributed by atoms with E-state index in [2.05, 4.69) is 20.4 Å². The van der Waals surface area contributed by atoms with Crippen molar-refractivity contribution in [2.75, 3.05) is 7.11 Å². The molecule has 6 nitrogen and oxygen atoms in total. The van der Waals surface area contributed by atoms with Crippen LogP contribution in [-0.2, 0) is 23.8 Å². The van der Waals surface area contributed by atoms with Crippen molar-refractivity contribution in [3.8, 4) is 0 Å². The Labute approximate surface area is 159 Å². The summed E-state index contributed by atoms with van der Waals surface area (Å²) in [5, 5.41) is 11.2. The van der Waals surface area contributed by atoms with Crippen molar-refractivity contribution in [3.63, 3.8) is 0 Å². The number of allylic oxidation sites excluding steroid dienone is 1. The van der Waals surface area contributed by atoms with Gasteiger partial charge in [-0.05, 0) is 54.9 Å². The Morgan fingerprint density at radius 3 is 2.67 bits per heavy atom. The summed E-state index contributed by atoms with van der Waals surface area (Å²) < 4.78 is 17.5. The lowest BCUT2D eigenvalue weighted by molar-refractivity contribution is -0.268. The van der Waals surface area contributed by atoms with Crippen LogP contribution in [0.5, 0.6) is 0 Å². The first-order valence-corrected chi connectivity index (χ1v) is 10.0. The predicted molar refractivity (Wildman–Crippen MR) is 94.1 cm³/mol. The molecule has 2 bridgehead atoms. The highest BCUT2D eigenvalue weighted by Gasteiger charge is 2.80. The van der Waals surface area contributed by atoms with E-state index in [1.54, 1.807) is 7.11 Å². The normalized spacial score (nSPS) is 52.8. The minimum atomic E-state index is -1.21. The zero-order valence-electron chi connectivity index (χ0n) is 16.2. The fourth-order valence-electron chi connectivity index (χ4n) is 7.49. The standard InChI is InChI=1S/C21H28O6/c1-10-11-5-6-12-20(9-11,15(10)22)17(23)26-13-7-8-19(2,3)14-16(25-4)27-18(24)21(12,13)14/h11-14,16,18,24H,1,5-9H2,2-4H3. The van der Waals surface area contributed by atoms with Crippen molar-refractivity contribution in [2.45, 2.75) is 64.6 Å². The number of aliphatic hydroxyl groups is 1. The van der Waals surface area contributed by atoms with E-state index in [1.807, 2.05) is 0 Å². The van der Waals surface area contributed by atoms with Gasteiger partial charge in [-0.15, -0.1) is 0 Å². The molecule has 5 fully saturated rings. The number of esters is 1. The molecule has 2 saturated heterocycles. The summed E-state index contributed by atoms with van der Waals surface area (Å²) in [5.74, 6) is -1.01. The van der Waals surface area contributed by atoms with Crippen molar-refractivity contribution < 1.29 is 28.9 Å². The fourth-order valence-corrected chi connectivity index (χ4v) is 7.49. The van der Waals surface area contributed by atoms with E-state index >= 15 is 0 Å². The van der Waals surface area contributed by atoms with Crippen LogP contribution in [0, 0.1) is 34.0 Å². The summed E-state index contributed by atoms with van der Waals surface area (Å²) >= 11 is 0. The van der Waals surface area contributed by atoms with Crippen molar-refractivity contribution in [2.24, 2.45) is 34.0 Å². The number of methoxy groups -OCH3 is 1. The number of ketones is 1. The molecule has 0 aromatic carbocycles. The van der Waals surface area contributed by atoms with Gasteiger partial charge in [0.15, 0.2) is 18.4 Å². The third-order valence-corrected chi connectivity index (χ3v) is 8.56. The summed E-state index contributed by atoms with van der Waals surface area (Å²) in [6.07, 6.45) is 1.33. The van der Waals surface area contributed by atoms with Crippen molar-refractivity contribution >= 4 is 11.8 Å². The molecule has 3 aliphatic carbocycles. The average Bonchev–Trinajstić information content (AvgIpc) is 3.04. The molecule has 2 heterocycles. The van der Waals surface area contributed by atoms with Gasteiger partial charge in [-0.1, -0.05) is 20.4 Å². The van der Waals surface area contributed by atoms with Crippen LogP contribution in [0.1, 0.15) is 46.0 Å². The molecular formula is C21H28O6. The average molecular weight is 376 g/mol. The van der Waals surface area contributed by atoms with Gasteiger partial charge in [0.1, 0.15) is 11.5 Å². The molecule has 8 atom stereocenters. The molecular weight excluding hydrogens is 348 g/mol. The van der Waals surface area contributed by atoms with Crippen LogP contribution < -0.4 is 0 Å². The first-order valence-electron chi connectivity index (χ1n) is 10.0. The van der Waals surface area contributed by atoms with Crippen LogP contribution in [0.2, 0.25) is 0 Å². The second-order valence-electron chi connectivity index (χ2n) is 9.85. The van der Waals surface area contributed by atoms with Crippen LogP contribution in [0.25, 0.3) is 0 Å². The van der Waals surface area contributed by atoms with Gasteiger partial charge in [-0.25, -0.2) is 0 Å². The van der Waals surface area contributed by atoms with Gasteiger partial charge in [0.2, 0.25) is 0 Å². The minimum absolute atomic E-state index is 0.0435. The number of carbonyl (C=O) groups is 2. The quantitative estimate of drug-likeness (QED) is 0.429. The number of fused-ring (bicyclic) bond motifs is 1. The van der Waals surface area contributed by atoms with Crippen molar-refractivity contribution in [3.05, 3.63) is 12.2 Å². The number of hydrogen-bond acceptors (Lipinski definition) is 6. The number of hydrogen-bond donors (Lipinski definition) is 1. The van der Waals surface area contributed by atoms with Gasteiger partial charge in [0.05, 0.1) is 5.41 Å². The van der Waals surface area contributed by atoms with Gasteiger partial charge in [-0.3, -0.25) is 9.59 Å². The van der Waals surface area contributed by atoms with Crippen molar-refractivity contribution in [1.29, 1.82) is 0 Å². The second kappa shape index (κ2) is 5.22. The first-order chi connectivity index (χ1) is 12.7. The Kier molecular flexibility index (Phi) is 3.45. The molecule has 8 unspecified atom stereocenters. The highest BCUT2D eigenvalue weighted by Crippen LogP contribution is 2.72. The minimum Gasteiger partial charge on any atom is -0.461 e. The molecule has 2 spiro atoms. The lowest BCUT2D eigenvalue weighted by Crippen LogP contribution is -2.70. The van der Waals surface area contributed by atoms with E-state index in [0.29, 0.717) is 24.8 Å². The SMILES string of the molecule is C=C1C(=O)C23CC1CCC2C12C(O)OC(OC)C1C(C)(C)CCC2OC3=O. The van der Waals surface area contributed by atoms with Gasteiger partial charge < -0.3 is 19.3 Å². The van der Waals surface area contributed by atoms with Crippen LogP contribution in [0.3, 0.4) is 0 Å². The summed E-state index contributed by atoms with van der Waals surface area (Å²) in [7, 11) is 1.58. The first kappa shape index (κ1) is 17.8. The Morgan fingerprint density at radius 2 is 1.96 bits per heavy atom. The Hall–Kier alpha value is -1.24. The van der Waals surface area contributed by atoms with E-state index in [1.165, 1.54) is 0 Å². The lowest BCUT2D eigenvalue weighted by Gasteiger charge is -2.62. The predicted octanol–water partition coefficient (Wildman–Crippen LogP) is 2.20. The maximum Gasteiger partial charge on any atom is 0.320 e. The molecule has 0 amide bonds. The highest BCUT2D eigenvalue weighted by atomic mass is 16.7. The van der Waals surface area contributed by atoms with E-state index < -0.39 is 35.5 Å². The van der Waals surface area contributed by atoms with Crippen LogP contribution >= 0.6 is 0 Å². The van der Waals surface area contributed by atoms with E-state index in [4.69, 9.17) is 14.2 Å². The van der Waals surface area contributed by atoms with Gasteiger partial charge in [0, 0.05) is 13.0 Å². The van der Waals surface area contributed by atoms with E-state index in [-0.39, 0.29) is 29.0 Å². The molecule has 0 radical (unpaired) electrons. The van der Waals surface area contributed by atoms with Crippen LogP contribution in [-0.4, -0.2) is 42.7 Å². The third-order valence-electron chi connectivity index (χ3n) is 8.56. The smallest absolute Gasteiger partial charge is 0.320 e. The van der Waals surface area contributed by atoms with Crippen LogP contribution in [0.15, 0.2) is 12.2 Å². The maximum atomic E-state index is 13.3. The Morgan fingerprint density at radius 1 is 1.22 bits per heavy atom. The number of Topliss-reactive ketones (excluding diaryl/α,β-unsaturated/α-hetero) is 1. The highest BCUT2D eigenvalue weighted by molar-refractivity contribution is 6.15. The van der Waals surface area contributed by atoms with Gasteiger partial charge in [-0.2, -0.15) is 0 Å². The molecule has 2 aliphatic heterocycles. The van der Waals surface area contributed by atoms with Crippen LogP contribution in [0.4, 0.5) is 0 Å². The van der Waals surface area contributed by atoms with E-state index in [0.717, 1.165) is 12.8 Å². The number of ether oxygens (including phenoxy) is 3. The molecule has 1 N–H and O–H groups in total. The summed E-state index contributed by atoms with van der Waals surface area (Å²) in [6.45, 7) is 8.31. The number of aliphatic hydroxyl groups excluding tert-OH is 1. The monoisotopic (exact) mass is 376 g/mol. The largest absolute Gasteiger partial charge is 0.461 e. The Balaban J connectivity index is 1.74. The summed E-state index contributed by atoms with van der Waals surface area (Å²) in [4.78, 5) is 26.5. The third kappa shape index (κ3) is 1.79. The summed E-state index contributed by atoms with van der Waals surface area (Å²) in [5.41, 5.74) is -1.65. The fraction of sp³-hybridized carbons (Fsp3) is 0.810. The summed E-state index contributed by atoms with van der Waals surface area (Å²) in [6, 6.07) is 0. The molecule has 0 aromatic heterocycles. The molecule has 27 heavy (non-hydrogen) atoms. The molecule has 5 aliphatic rings. The number of carbonyl (C=O) groups excluding carboxylic acids is 2. The van der Waals surface area contributed by atoms with E-state index in [9.17, 15) is 14.7 Å². The maximum absolute atomic E-state index is 13.3. The Bertz CT molecular complexity index is 743. The van der Waals surface area contributed by atoms with Gasteiger partial charge >= 0.3 is 5.97 Å². The molecule has 3 saturated carbocycles. The topological polar surface area (TPSA) is 82.1 Å². The lowest BCUT2D eigenvalue weighted by atomic mass is 9.43. The number of rotatable bonds is 1. The van der Waals surface area contributed by atoms with Crippen molar-refractivity contribution in [1.82, 2.24) is 0 Å². The molecule has 0 aromatic rings. The zero-order chi connectivity index (χ0) is 19.4. The second-order valence-corrected chi connectivity index (χ2v) is 9.85.